The van der Waals surface area contributed by atoms with E-state index in [4.69, 9.17) is 5.73 Å². The summed E-state index contributed by atoms with van der Waals surface area (Å²) < 4.78 is 0. The van der Waals surface area contributed by atoms with Crippen molar-refractivity contribution in [3.63, 3.8) is 0 Å². The Labute approximate surface area is 118 Å². The maximum atomic E-state index is 12.2. The summed E-state index contributed by atoms with van der Waals surface area (Å²) in [4.78, 5) is 23.8. The van der Waals surface area contributed by atoms with Gasteiger partial charge < -0.3 is 16.4 Å². The molecule has 1 fully saturated rings. The first-order valence-electron chi connectivity index (χ1n) is 6.90. The van der Waals surface area contributed by atoms with E-state index < -0.39 is 0 Å². The molecule has 0 heterocycles. The number of hydrogen-bond acceptors (Lipinski definition) is 3. The van der Waals surface area contributed by atoms with Crippen molar-refractivity contribution in [2.45, 2.75) is 32.2 Å². The zero-order chi connectivity index (χ0) is 14.7. The Morgan fingerprint density at radius 2 is 2.05 bits per heavy atom. The van der Waals surface area contributed by atoms with Crippen LogP contribution in [0.15, 0.2) is 18.2 Å². The summed E-state index contributed by atoms with van der Waals surface area (Å²) >= 11 is 0. The maximum absolute atomic E-state index is 12.2. The Hall–Kier alpha value is -1.88. The van der Waals surface area contributed by atoms with Gasteiger partial charge in [-0.1, -0.05) is 6.07 Å². The SMILES string of the molecule is CNC(=O)c1ccc(C)c(NC(=O)C2CCC(N)C2)c1. The molecule has 1 aliphatic carbocycles. The van der Waals surface area contributed by atoms with Gasteiger partial charge in [-0.3, -0.25) is 9.59 Å². The molecule has 0 aliphatic heterocycles. The van der Waals surface area contributed by atoms with Crippen molar-refractivity contribution >= 4 is 17.5 Å². The highest BCUT2D eigenvalue weighted by Crippen LogP contribution is 2.26. The molecule has 1 aromatic rings. The third-order valence-electron chi connectivity index (χ3n) is 3.83. The van der Waals surface area contributed by atoms with E-state index in [0.29, 0.717) is 11.3 Å². The Kier molecular flexibility index (Phi) is 4.39. The van der Waals surface area contributed by atoms with Crippen molar-refractivity contribution in [1.29, 1.82) is 0 Å². The predicted molar refractivity (Wildman–Crippen MR) is 78.5 cm³/mol. The lowest BCUT2D eigenvalue weighted by molar-refractivity contribution is -0.119. The molecule has 0 aromatic heterocycles. The van der Waals surface area contributed by atoms with E-state index in [2.05, 4.69) is 10.6 Å². The third kappa shape index (κ3) is 3.17. The predicted octanol–water partition coefficient (Wildman–Crippen LogP) is 1.42. The normalized spacial score (nSPS) is 21.6. The number of carbonyl (C=O) groups is 2. The number of aryl methyl sites for hydroxylation is 1. The van der Waals surface area contributed by atoms with Crippen molar-refractivity contribution in [1.82, 2.24) is 5.32 Å². The van der Waals surface area contributed by atoms with E-state index in [1.54, 1.807) is 19.2 Å². The second-order valence-electron chi connectivity index (χ2n) is 5.37. The summed E-state index contributed by atoms with van der Waals surface area (Å²) in [6, 6.07) is 5.42. The molecule has 2 amide bonds. The van der Waals surface area contributed by atoms with Gasteiger partial charge in [0, 0.05) is 30.3 Å². The average molecular weight is 275 g/mol. The maximum Gasteiger partial charge on any atom is 0.251 e. The van der Waals surface area contributed by atoms with Crippen molar-refractivity contribution in [3.05, 3.63) is 29.3 Å². The topological polar surface area (TPSA) is 84.2 Å². The number of carbonyl (C=O) groups excluding carboxylic acids is 2. The number of rotatable bonds is 3. The average Bonchev–Trinajstić information content (AvgIpc) is 2.87. The van der Waals surface area contributed by atoms with Gasteiger partial charge >= 0.3 is 0 Å². The van der Waals surface area contributed by atoms with Crippen molar-refractivity contribution < 1.29 is 9.59 Å². The van der Waals surface area contributed by atoms with E-state index >= 15 is 0 Å². The molecule has 1 aromatic carbocycles. The molecule has 5 heteroatoms. The first-order chi connectivity index (χ1) is 9.51. The van der Waals surface area contributed by atoms with E-state index in [1.807, 2.05) is 13.0 Å². The van der Waals surface area contributed by atoms with Crippen molar-refractivity contribution in [3.8, 4) is 0 Å². The summed E-state index contributed by atoms with van der Waals surface area (Å²) in [6.07, 6.45) is 2.47. The minimum absolute atomic E-state index is 0.00453. The first kappa shape index (κ1) is 14.5. The van der Waals surface area contributed by atoms with Gasteiger partial charge in [0.05, 0.1) is 0 Å². The molecule has 1 aliphatic rings. The van der Waals surface area contributed by atoms with E-state index in [1.165, 1.54) is 0 Å². The van der Waals surface area contributed by atoms with Crippen LogP contribution in [0.5, 0.6) is 0 Å². The van der Waals surface area contributed by atoms with Crippen LogP contribution in [-0.2, 0) is 4.79 Å². The molecule has 5 nitrogen and oxygen atoms in total. The van der Waals surface area contributed by atoms with Crippen LogP contribution in [0, 0.1) is 12.8 Å². The second kappa shape index (κ2) is 6.05. The highest BCUT2D eigenvalue weighted by molar-refractivity contribution is 5.98. The number of nitrogens with one attached hydrogen (secondary N) is 2. The minimum Gasteiger partial charge on any atom is -0.355 e. The molecule has 2 atom stereocenters. The van der Waals surface area contributed by atoms with Crippen LogP contribution in [-0.4, -0.2) is 24.9 Å². The second-order valence-corrected chi connectivity index (χ2v) is 5.37. The van der Waals surface area contributed by atoms with Crippen LogP contribution in [0.25, 0.3) is 0 Å². The molecule has 0 spiro atoms. The Bertz CT molecular complexity index is 528. The Balaban J connectivity index is 2.12. The van der Waals surface area contributed by atoms with Crippen LogP contribution in [0.2, 0.25) is 0 Å². The quantitative estimate of drug-likeness (QED) is 0.780. The highest BCUT2D eigenvalue weighted by Gasteiger charge is 2.28. The van der Waals surface area contributed by atoms with Crippen molar-refractivity contribution in [2.24, 2.45) is 11.7 Å². The first-order valence-corrected chi connectivity index (χ1v) is 6.90. The zero-order valence-electron chi connectivity index (χ0n) is 11.9. The van der Waals surface area contributed by atoms with Gasteiger partial charge in [0.25, 0.3) is 5.91 Å². The van der Waals surface area contributed by atoms with Crippen LogP contribution in [0.4, 0.5) is 5.69 Å². The van der Waals surface area contributed by atoms with Crippen LogP contribution >= 0.6 is 0 Å². The van der Waals surface area contributed by atoms with Gasteiger partial charge in [-0.05, 0) is 43.9 Å². The van der Waals surface area contributed by atoms with Crippen molar-refractivity contribution in [2.75, 3.05) is 12.4 Å². The highest BCUT2D eigenvalue weighted by atomic mass is 16.2. The molecule has 4 N–H and O–H groups in total. The summed E-state index contributed by atoms with van der Waals surface area (Å²) in [6.45, 7) is 1.91. The molecule has 20 heavy (non-hydrogen) atoms. The summed E-state index contributed by atoms with van der Waals surface area (Å²) in [5.41, 5.74) is 8.00. The van der Waals surface area contributed by atoms with Crippen LogP contribution in [0.3, 0.4) is 0 Å². The van der Waals surface area contributed by atoms with E-state index in [0.717, 1.165) is 24.8 Å². The zero-order valence-corrected chi connectivity index (χ0v) is 11.9. The summed E-state index contributed by atoms with van der Waals surface area (Å²) in [7, 11) is 1.58. The fraction of sp³-hybridized carbons (Fsp3) is 0.467. The summed E-state index contributed by atoms with van der Waals surface area (Å²) in [5, 5.41) is 5.49. The lowest BCUT2D eigenvalue weighted by Gasteiger charge is -2.13. The standard InChI is InChI=1S/C15H21N3O2/c1-9-3-4-11(14(19)17-2)8-13(9)18-15(20)10-5-6-12(16)7-10/h3-4,8,10,12H,5-7,16H2,1-2H3,(H,17,19)(H,18,20). The van der Waals surface area contributed by atoms with Crippen LogP contribution in [0.1, 0.15) is 35.2 Å². The summed E-state index contributed by atoms with van der Waals surface area (Å²) in [5.74, 6) is -0.188. The monoisotopic (exact) mass is 275 g/mol. The molecule has 1 saturated carbocycles. The number of nitrogens with two attached hydrogens (primary N) is 1. The molecule has 2 unspecified atom stereocenters. The smallest absolute Gasteiger partial charge is 0.251 e. The Morgan fingerprint density at radius 3 is 2.65 bits per heavy atom. The molecule has 0 saturated heterocycles. The van der Waals surface area contributed by atoms with Gasteiger partial charge in [-0.25, -0.2) is 0 Å². The molecule has 0 bridgehead atoms. The number of anilines is 1. The molecule has 2 rings (SSSR count). The third-order valence-corrected chi connectivity index (χ3v) is 3.83. The molecule has 108 valence electrons. The fourth-order valence-electron chi connectivity index (χ4n) is 2.53. The lowest BCUT2D eigenvalue weighted by atomic mass is 10.1. The number of hydrogen-bond donors (Lipinski definition) is 3. The van der Waals surface area contributed by atoms with Gasteiger partial charge in [0.1, 0.15) is 0 Å². The fourth-order valence-corrected chi connectivity index (χ4v) is 2.53. The Morgan fingerprint density at radius 1 is 1.30 bits per heavy atom. The largest absolute Gasteiger partial charge is 0.355 e. The minimum atomic E-state index is -0.164. The van der Waals surface area contributed by atoms with Gasteiger partial charge in [0.15, 0.2) is 0 Å². The van der Waals surface area contributed by atoms with Gasteiger partial charge in [-0.15, -0.1) is 0 Å². The molecule has 0 radical (unpaired) electrons. The molecular formula is C15H21N3O2. The van der Waals surface area contributed by atoms with Gasteiger partial charge in [-0.2, -0.15) is 0 Å². The molecular weight excluding hydrogens is 254 g/mol. The van der Waals surface area contributed by atoms with E-state index in [-0.39, 0.29) is 23.8 Å². The van der Waals surface area contributed by atoms with Crippen LogP contribution < -0.4 is 16.4 Å². The van der Waals surface area contributed by atoms with Gasteiger partial charge in [0.2, 0.25) is 5.91 Å². The number of benzene rings is 1. The lowest BCUT2D eigenvalue weighted by Crippen LogP contribution is -2.24. The number of amides is 2. The van der Waals surface area contributed by atoms with E-state index in [9.17, 15) is 9.59 Å².